The summed E-state index contributed by atoms with van der Waals surface area (Å²) < 4.78 is 47.7. The molecule has 0 radical (unpaired) electrons. The predicted molar refractivity (Wildman–Crippen MR) is 269 cm³/mol. The monoisotopic (exact) mass is 1130 g/mol. The molecule has 7 fully saturated rings. The molecule has 0 unspecified atom stereocenters. The van der Waals surface area contributed by atoms with Crippen LogP contribution in [0.2, 0.25) is 0 Å². The second-order valence-corrected chi connectivity index (χ2v) is 25.6. The third-order valence-electron chi connectivity index (χ3n) is 21.0. The number of aliphatic carboxylic acids is 1. The van der Waals surface area contributed by atoms with Crippen LogP contribution < -0.4 is 0 Å². The Kier molecular flexibility index (Phi) is 17.8. The highest BCUT2D eigenvalue weighted by Crippen LogP contribution is 2.76. The van der Waals surface area contributed by atoms with E-state index in [1.54, 1.807) is 19.9 Å². The molecule has 0 aromatic carbocycles. The van der Waals surface area contributed by atoms with Crippen LogP contribution in [0.5, 0.6) is 0 Å². The maximum Gasteiger partial charge on any atom is 0.335 e. The lowest BCUT2D eigenvalue weighted by Crippen LogP contribution is -2.72. The first-order valence-electron chi connectivity index (χ1n) is 27.7. The fraction of sp³-hybridized carbons (Fsp3) is 0.873. The topological polar surface area (TPSA) is 388 Å². The zero-order chi connectivity index (χ0) is 58.4. The van der Waals surface area contributed by atoms with Gasteiger partial charge in [0.15, 0.2) is 25.0 Å². The average Bonchev–Trinajstić information content (AvgIpc) is 3.39. The van der Waals surface area contributed by atoms with Gasteiger partial charge >= 0.3 is 17.9 Å². The molecule has 3 saturated heterocycles. The molecule has 0 aromatic heterocycles. The standard InChI is InChI=1S/C55H86O24/c1-10-23(2)46(71)79-44-43(68)55(22-72-24(3)59)26(17-50(44,4)5)25-11-12-30-51(6)15-14-32(52(7,21-58)29(51)13-16-53(30,8)54(25,9)18-31(55)60)75-49-41(77-48-38(66)36(64)34(62)28(20-57)74-48)39(67)40(42(78-49)45(69)70)76-47-37(65)35(63)33(61)27(19-56)73-47/h10-11,26-44,47-49,56-58,60-68H,12-22H2,1-9H3,(H,69,70)/t26-,27+,28+,29+,30+,31+,32-,33+,34+,35-,36-,37+,38+,39-,40-,41+,42-,43-,44-,47-,48-,49+,51-,52+,53+,54+,55-/m0/s1. The Morgan fingerprint density at radius 2 is 1.28 bits per heavy atom. The van der Waals surface area contributed by atoms with Crippen molar-refractivity contribution in [1.29, 1.82) is 0 Å². The number of carbonyl (C=O) groups is 3. The minimum Gasteiger partial charge on any atom is -0.479 e. The highest BCUT2D eigenvalue weighted by atomic mass is 16.8. The Labute approximate surface area is 459 Å². The van der Waals surface area contributed by atoms with Gasteiger partial charge in [-0.1, -0.05) is 59.3 Å². The fourth-order valence-corrected chi connectivity index (χ4v) is 16.1. The molecule has 79 heavy (non-hydrogen) atoms. The second-order valence-electron chi connectivity index (χ2n) is 25.6. The van der Waals surface area contributed by atoms with Gasteiger partial charge in [0.1, 0.15) is 86.0 Å². The highest BCUT2D eigenvalue weighted by molar-refractivity contribution is 5.87. The summed E-state index contributed by atoms with van der Waals surface area (Å²) in [6.45, 7) is 14.3. The number of carbonyl (C=O) groups excluding carboxylic acids is 2. The van der Waals surface area contributed by atoms with Gasteiger partial charge in [-0.2, -0.15) is 0 Å². The largest absolute Gasteiger partial charge is 0.479 e. The van der Waals surface area contributed by atoms with Crippen molar-refractivity contribution < 1.29 is 119 Å². The molecule has 0 aromatic rings. The van der Waals surface area contributed by atoms with Crippen molar-refractivity contribution in [2.24, 2.45) is 50.2 Å². The molecule has 24 heteroatoms. The molecule has 4 saturated carbocycles. The molecule has 450 valence electrons. The van der Waals surface area contributed by atoms with E-state index in [2.05, 4.69) is 26.8 Å². The van der Waals surface area contributed by atoms with Gasteiger partial charge in [-0.3, -0.25) is 4.79 Å². The van der Waals surface area contributed by atoms with E-state index in [0.717, 1.165) is 5.57 Å². The van der Waals surface area contributed by atoms with Crippen molar-refractivity contribution in [3.05, 3.63) is 23.3 Å². The van der Waals surface area contributed by atoms with Crippen molar-refractivity contribution in [3.63, 3.8) is 0 Å². The van der Waals surface area contributed by atoms with Gasteiger partial charge < -0.3 is 104 Å². The molecule has 13 N–H and O–H groups in total. The second kappa shape index (κ2) is 22.6. The van der Waals surface area contributed by atoms with E-state index in [1.807, 2.05) is 20.8 Å². The third-order valence-corrected chi connectivity index (χ3v) is 21.0. The number of allylic oxidation sites excluding steroid dienone is 3. The maximum atomic E-state index is 13.3. The first-order valence-corrected chi connectivity index (χ1v) is 27.7. The summed E-state index contributed by atoms with van der Waals surface area (Å²) in [5, 5.41) is 144. The fourth-order valence-electron chi connectivity index (χ4n) is 16.1. The van der Waals surface area contributed by atoms with Crippen LogP contribution in [-0.4, -0.2) is 227 Å². The Bertz CT molecular complexity index is 2290. The number of hydrogen-bond acceptors (Lipinski definition) is 23. The number of hydrogen-bond donors (Lipinski definition) is 13. The summed E-state index contributed by atoms with van der Waals surface area (Å²) in [4.78, 5) is 39.0. The van der Waals surface area contributed by atoms with Gasteiger partial charge in [-0.15, -0.1) is 0 Å². The smallest absolute Gasteiger partial charge is 0.335 e. The van der Waals surface area contributed by atoms with E-state index in [-0.39, 0.29) is 31.3 Å². The van der Waals surface area contributed by atoms with Crippen molar-refractivity contribution >= 4 is 17.9 Å². The van der Waals surface area contributed by atoms with Crippen molar-refractivity contribution in [2.45, 2.75) is 224 Å². The number of carboxylic acids is 1. The molecule has 3 heterocycles. The molecular formula is C55H86O24. The number of ether oxygens (including phenoxy) is 8. The number of aliphatic hydroxyl groups is 12. The molecule has 27 atom stereocenters. The summed E-state index contributed by atoms with van der Waals surface area (Å²) in [6.07, 6.45) is -26.8. The zero-order valence-corrected chi connectivity index (χ0v) is 46.4. The van der Waals surface area contributed by atoms with Crippen molar-refractivity contribution in [3.8, 4) is 0 Å². The molecule has 8 aliphatic rings. The minimum absolute atomic E-state index is 0.0849. The van der Waals surface area contributed by atoms with Gasteiger partial charge in [0, 0.05) is 23.3 Å². The van der Waals surface area contributed by atoms with Crippen LogP contribution in [0.15, 0.2) is 23.3 Å². The average molecular weight is 1130 g/mol. The third kappa shape index (κ3) is 10.0. The summed E-state index contributed by atoms with van der Waals surface area (Å²) in [7, 11) is 0. The van der Waals surface area contributed by atoms with E-state index in [4.69, 9.17) is 37.9 Å². The van der Waals surface area contributed by atoms with Crippen LogP contribution >= 0.6 is 0 Å². The number of esters is 2. The summed E-state index contributed by atoms with van der Waals surface area (Å²) >= 11 is 0. The molecule has 5 aliphatic carbocycles. The maximum absolute atomic E-state index is 13.3. The Balaban J connectivity index is 1.11. The van der Waals surface area contributed by atoms with E-state index in [1.165, 1.54) is 6.92 Å². The number of carboxylic acid groups (broad SMARTS) is 1. The number of aliphatic hydroxyl groups excluding tert-OH is 12. The quantitative estimate of drug-likeness (QED) is 0.0415. The molecular weight excluding hydrogens is 1040 g/mol. The summed E-state index contributed by atoms with van der Waals surface area (Å²) in [5.41, 5.74) is -3.78. The SMILES string of the molecule is CC=C(C)C(=O)O[C@H]1[C@H](O)[C@]2(COC(C)=O)[C@H](O)C[C@]3(C)C(=CC[C@@H]4[C@@]5(C)CC[C@H](O[C@@H]6O[C@H](C(=O)O)[C@@H](O[C@@H]7O[C@H](CO)[C@@H](O)[C@H](O)[C@H]7O)[C@H](O)[C@H]6O[C@@H]6O[C@H](CO)[C@@H](O)[C@H](O)[C@H]6O)[C@](C)(CO)[C@@H]5CC[C@]43C)[C@@H]2CC1(C)C. The summed E-state index contributed by atoms with van der Waals surface area (Å²) in [6, 6.07) is 0. The van der Waals surface area contributed by atoms with Crippen molar-refractivity contribution in [1.82, 2.24) is 0 Å². The van der Waals surface area contributed by atoms with Crippen LogP contribution in [0.1, 0.15) is 107 Å². The zero-order valence-electron chi connectivity index (χ0n) is 46.4. The summed E-state index contributed by atoms with van der Waals surface area (Å²) in [5.74, 6) is -3.82. The highest BCUT2D eigenvalue weighted by Gasteiger charge is 2.74. The van der Waals surface area contributed by atoms with Gasteiger partial charge in [0.25, 0.3) is 0 Å². The van der Waals surface area contributed by atoms with Crippen LogP contribution in [-0.2, 0) is 52.3 Å². The predicted octanol–water partition coefficient (Wildman–Crippen LogP) is -1.32. The number of fused-ring (bicyclic) bond motifs is 7. The van der Waals surface area contributed by atoms with Gasteiger partial charge in [0.05, 0.1) is 37.4 Å². The van der Waals surface area contributed by atoms with E-state index < -0.39 is 193 Å². The normalized spacial score (nSPS) is 50.6. The van der Waals surface area contributed by atoms with Crippen molar-refractivity contribution in [2.75, 3.05) is 26.4 Å². The van der Waals surface area contributed by atoms with Crippen LogP contribution in [0.3, 0.4) is 0 Å². The Hall–Kier alpha value is -2.83. The van der Waals surface area contributed by atoms with Gasteiger partial charge in [0.2, 0.25) is 0 Å². The Morgan fingerprint density at radius 1 is 0.696 bits per heavy atom. The minimum atomic E-state index is -2.18. The molecule has 0 bridgehead atoms. The lowest BCUT2D eigenvalue weighted by Gasteiger charge is -2.72. The molecule has 3 aliphatic heterocycles. The van der Waals surface area contributed by atoms with E-state index in [9.17, 15) is 80.8 Å². The van der Waals surface area contributed by atoms with E-state index >= 15 is 0 Å². The van der Waals surface area contributed by atoms with Crippen LogP contribution in [0, 0.1) is 50.2 Å². The van der Waals surface area contributed by atoms with Gasteiger partial charge in [-0.25, -0.2) is 9.59 Å². The molecule has 8 rings (SSSR count). The lowest BCUT2D eigenvalue weighted by molar-refractivity contribution is -0.392. The molecule has 0 spiro atoms. The first-order chi connectivity index (χ1) is 36.9. The van der Waals surface area contributed by atoms with Crippen LogP contribution in [0.4, 0.5) is 0 Å². The molecule has 24 nitrogen and oxygen atoms in total. The first kappa shape index (κ1) is 62.2. The number of rotatable bonds is 14. The van der Waals surface area contributed by atoms with Gasteiger partial charge in [-0.05, 0) is 92.8 Å². The molecule has 0 amide bonds. The van der Waals surface area contributed by atoms with Crippen LogP contribution in [0.25, 0.3) is 0 Å². The Morgan fingerprint density at radius 3 is 1.81 bits per heavy atom. The van der Waals surface area contributed by atoms with E-state index in [0.29, 0.717) is 37.7 Å². The lowest BCUT2D eigenvalue weighted by atomic mass is 9.33.